The van der Waals surface area contributed by atoms with E-state index in [4.69, 9.17) is 9.47 Å². The number of amides is 1. The van der Waals surface area contributed by atoms with E-state index in [1.54, 1.807) is 25.3 Å². The van der Waals surface area contributed by atoms with Gasteiger partial charge in [-0.3, -0.25) is 9.59 Å². The van der Waals surface area contributed by atoms with Crippen LogP contribution >= 0.6 is 9.24 Å². The fourth-order valence-corrected chi connectivity index (χ4v) is 4.48. The van der Waals surface area contributed by atoms with Crippen LogP contribution in [-0.4, -0.2) is 49.6 Å². The van der Waals surface area contributed by atoms with Gasteiger partial charge in [0.2, 0.25) is 5.91 Å². The summed E-state index contributed by atoms with van der Waals surface area (Å²) < 4.78 is 26.3. The van der Waals surface area contributed by atoms with Gasteiger partial charge < -0.3 is 24.0 Å². The summed E-state index contributed by atoms with van der Waals surface area (Å²) in [6, 6.07) is 4.17. The highest BCUT2D eigenvalue weighted by Gasteiger charge is 2.36. The quantitative estimate of drug-likeness (QED) is 0.666. The molecular weight excluding hydrogens is 410 g/mol. The third-order valence-electron chi connectivity index (χ3n) is 5.43. The summed E-state index contributed by atoms with van der Waals surface area (Å²) in [4.78, 5) is 27.4. The molecule has 3 atom stereocenters. The number of aromatic nitrogens is 1. The van der Waals surface area contributed by atoms with Gasteiger partial charge in [0.15, 0.2) is 0 Å². The second-order valence-corrected chi connectivity index (χ2v) is 7.99. The second-order valence-electron chi connectivity index (χ2n) is 7.37. The molecule has 0 bridgehead atoms. The van der Waals surface area contributed by atoms with Crippen molar-refractivity contribution in [2.75, 3.05) is 38.9 Å². The normalized spacial score (nSPS) is 17.5. The van der Waals surface area contributed by atoms with Crippen LogP contribution in [0, 0.1) is 12.7 Å². The highest BCUT2D eigenvalue weighted by atomic mass is 31.0. The number of aryl methyl sites for hydroxylation is 1. The molecule has 0 saturated carbocycles. The molecule has 2 heterocycles. The number of carbonyl (C=O) groups excluding carboxylic acids is 1. The maximum absolute atomic E-state index is 14.7. The van der Waals surface area contributed by atoms with Crippen LogP contribution in [0.5, 0.6) is 5.75 Å². The molecule has 0 aliphatic carbocycles. The van der Waals surface area contributed by atoms with Crippen LogP contribution in [-0.2, 0) is 9.53 Å². The molecule has 9 heteroatoms. The third kappa shape index (κ3) is 4.13. The molecule has 1 amide bonds. The predicted molar refractivity (Wildman–Crippen MR) is 115 cm³/mol. The van der Waals surface area contributed by atoms with Crippen molar-refractivity contribution in [1.82, 2.24) is 4.57 Å². The first-order chi connectivity index (χ1) is 14.3. The number of benzene rings is 1. The summed E-state index contributed by atoms with van der Waals surface area (Å²) >= 11 is 0. The smallest absolute Gasteiger partial charge is 0.275 e. The van der Waals surface area contributed by atoms with Gasteiger partial charge in [-0.05, 0) is 29.9 Å². The monoisotopic (exact) mass is 436 g/mol. The van der Waals surface area contributed by atoms with E-state index in [9.17, 15) is 19.1 Å². The van der Waals surface area contributed by atoms with E-state index in [2.05, 4.69) is 9.24 Å². The zero-order valence-electron chi connectivity index (χ0n) is 17.2. The van der Waals surface area contributed by atoms with Gasteiger partial charge in [0, 0.05) is 43.8 Å². The van der Waals surface area contributed by atoms with Gasteiger partial charge in [-0.1, -0.05) is 0 Å². The number of nitrogens with zero attached hydrogens (tertiary/aromatic N) is 2. The molecule has 0 radical (unpaired) electrons. The molecule has 1 N–H and O–H groups in total. The third-order valence-corrected chi connectivity index (χ3v) is 5.91. The number of methoxy groups -OCH3 is 2. The minimum absolute atomic E-state index is 0.0971. The number of anilines is 1. The van der Waals surface area contributed by atoms with Crippen LogP contribution in [0.15, 0.2) is 29.2 Å². The fourth-order valence-electron chi connectivity index (χ4n) is 3.94. The zero-order valence-corrected chi connectivity index (χ0v) is 18.4. The van der Waals surface area contributed by atoms with Crippen molar-refractivity contribution in [2.24, 2.45) is 0 Å². The van der Waals surface area contributed by atoms with Crippen LogP contribution in [0.1, 0.15) is 29.5 Å². The van der Waals surface area contributed by atoms with E-state index in [-0.39, 0.29) is 43.3 Å². The molecule has 1 aliphatic rings. The summed E-state index contributed by atoms with van der Waals surface area (Å²) in [5.41, 5.74) is 0.930. The number of carbonyl (C=O) groups is 1. The Hall–Kier alpha value is -2.28. The lowest BCUT2D eigenvalue weighted by atomic mass is 9.97. The number of halogens is 1. The first-order valence-electron chi connectivity index (χ1n) is 9.57. The molecule has 3 rings (SSSR count). The lowest BCUT2D eigenvalue weighted by Crippen LogP contribution is -2.37. The maximum Gasteiger partial charge on any atom is 0.275 e. The Morgan fingerprint density at radius 1 is 1.33 bits per heavy atom. The van der Waals surface area contributed by atoms with Crippen LogP contribution in [0.25, 0.3) is 0 Å². The fraction of sp³-hybridized carbons (Fsp3) is 0.429. The number of rotatable bonds is 7. The van der Waals surface area contributed by atoms with Gasteiger partial charge in [-0.25, -0.2) is 4.39 Å². The molecule has 0 spiro atoms. The van der Waals surface area contributed by atoms with Crippen molar-refractivity contribution in [2.45, 2.75) is 25.3 Å². The Morgan fingerprint density at radius 3 is 2.67 bits per heavy atom. The van der Waals surface area contributed by atoms with Crippen molar-refractivity contribution in [3.63, 3.8) is 0 Å². The molecule has 30 heavy (non-hydrogen) atoms. The maximum atomic E-state index is 14.7. The Labute approximate surface area is 176 Å². The largest absolute Gasteiger partial charge is 0.497 e. The Bertz CT molecular complexity index is 986. The summed E-state index contributed by atoms with van der Waals surface area (Å²) in [5.74, 6) is -0.681. The second kappa shape index (κ2) is 9.25. The van der Waals surface area contributed by atoms with Crippen LogP contribution in [0.4, 0.5) is 10.1 Å². The van der Waals surface area contributed by atoms with Crippen LogP contribution in [0.2, 0.25) is 0 Å². The van der Waals surface area contributed by atoms with Crippen molar-refractivity contribution < 1.29 is 23.8 Å². The molecule has 2 unspecified atom stereocenters. The molecule has 1 aromatic heterocycles. The highest BCUT2D eigenvalue weighted by molar-refractivity contribution is 7.27. The SMILES string of the molecule is COCC(CO)n1ccc(C)c(N2C[C@@H](c3c(F)cc(OC)cc3P)CC2=O)c1=O. The number of aliphatic hydroxyl groups excluding tert-OH is 1. The molecule has 1 fully saturated rings. The first kappa shape index (κ1) is 22.4. The van der Waals surface area contributed by atoms with E-state index in [1.807, 2.05) is 0 Å². The average Bonchev–Trinajstić information content (AvgIpc) is 3.07. The van der Waals surface area contributed by atoms with E-state index in [0.717, 1.165) is 0 Å². The molecule has 7 nitrogen and oxygen atoms in total. The molecule has 1 aromatic carbocycles. The van der Waals surface area contributed by atoms with Gasteiger partial charge in [-0.2, -0.15) is 0 Å². The Morgan fingerprint density at radius 2 is 2.07 bits per heavy atom. The Kier molecular flexibility index (Phi) is 6.91. The molecule has 1 aliphatic heterocycles. The van der Waals surface area contributed by atoms with Gasteiger partial charge >= 0.3 is 0 Å². The predicted octanol–water partition coefficient (Wildman–Crippen LogP) is 1.51. The van der Waals surface area contributed by atoms with E-state index in [1.165, 1.54) is 29.8 Å². The van der Waals surface area contributed by atoms with Crippen molar-refractivity contribution in [3.8, 4) is 5.75 Å². The number of hydrogen-bond acceptors (Lipinski definition) is 5. The average molecular weight is 436 g/mol. The van der Waals surface area contributed by atoms with Gasteiger partial charge in [0.1, 0.15) is 17.3 Å². The lowest BCUT2D eigenvalue weighted by molar-refractivity contribution is -0.117. The number of pyridine rings is 1. The molecular formula is C21H26FN2O5P. The van der Waals surface area contributed by atoms with Crippen LogP contribution in [0.3, 0.4) is 0 Å². The number of hydrogen-bond donors (Lipinski definition) is 1. The summed E-state index contributed by atoms with van der Waals surface area (Å²) in [5, 5.41) is 10.3. The van der Waals surface area contributed by atoms with Crippen molar-refractivity contribution in [3.05, 3.63) is 51.7 Å². The summed E-state index contributed by atoms with van der Waals surface area (Å²) in [6.07, 6.45) is 1.68. The molecule has 162 valence electrons. The van der Waals surface area contributed by atoms with Gasteiger partial charge in [0.05, 0.1) is 26.4 Å². The number of aliphatic hydroxyl groups is 1. The summed E-state index contributed by atoms with van der Waals surface area (Å²) in [7, 11) is 5.44. The highest BCUT2D eigenvalue weighted by Crippen LogP contribution is 2.34. The van der Waals surface area contributed by atoms with Gasteiger partial charge in [-0.15, -0.1) is 9.24 Å². The molecule has 1 saturated heterocycles. The Balaban J connectivity index is 1.99. The zero-order chi connectivity index (χ0) is 22.0. The van der Waals surface area contributed by atoms with E-state index in [0.29, 0.717) is 22.2 Å². The topological polar surface area (TPSA) is 81.0 Å². The van der Waals surface area contributed by atoms with Crippen molar-refractivity contribution in [1.29, 1.82) is 0 Å². The van der Waals surface area contributed by atoms with E-state index < -0.39 is 17.8 Å². The minimum Gasteiger partial charge on any atom is -0.497 e. The van der Waals surface area contributed by atoms with Crippen LogP contribution < -0.4 is 20.5 Å². The molecule has 2 aromatic rings. The standard InChI is InChI=1S/C21H26FN2O5P/c1-12-4-5-23(14(10-25)11-28-2)21(27)20(12)24-9-13(6-18(24)26)19-16(22)7-15(29-3)8-17(19)30/h4-5,7-8,13-14,25H,6,9-11,30H2,1-3H3/t13-,14?/m0/s1. The summed E-state index contributed by atoms with van der Waals surface area (Å²) in [6.45, 7) is 1.82. The van der Waals surface area contributed by atoms with E-state index >= 15 is 0 Å². The lowest BCUT2D eigenvalue weighted by Gasteiger charge is -2.23. The van der Waals surface area contributed by atoms with Gasteiger partial charge in [0.25, 0.3) is 5.56 Å². The first-order valence-corrected chi connectivity index (χ1v) is 10.1. The minimum atomic E-state index is -0.562. The van der Waals surface area contributed by atoms with Crippen molar-refractivity contribution >= 4 is 26.1 Å². The number of ether oxygens (including phenoxy) is 2.